The van der Waals surface area contributed by atoms with E-state index < -0.39 is 11.9 Å². The first-order valence-electron chi connectivity index (χ1n) is 7.63. The van der Waals surface area contributed by atoms with Gasteiger partial charge in [-0.2, -0.15) is 0 Å². The van der Waals surface area contributed by atoms with Crippen molar-refractivity contribution in [1.29, 1.82) is 0 Å². The Bertz CT molecular complexity index is 450. The fraction of sp³-hybridized carbons (Fsp3) is 0.733. The molecule has 0 aliphatic carbocycles. The third-order valence-electron chi connectivity index (χ3n) is 3.03. The first kappa shape index (κ1) is 57.8. The summed E-state index contributed by atoms with van der Waals surface area (Å²) in [4.78, 5) is 47.8. The maximum absolute atomic E-state index is 10.9. The van der Waals surface area contributed by atoms with Gasteiger partial charge in [0.1, 0.15) is 0 Å². The zero-order valence-corrected chi connectivity index (χ0v) is 21.0. The van der Waals surface area contributed by atoms with Crippen LogP contribution in [0.1, 0.15) is 7.43 Å². The van der Waals surface area contributed by atoms with Gasteiger partial charge in [0.25, 0.3) is 0 Å². The molecule has 1 saturated heterocycles. The van der Waals surface area contributed by atoms with E-state index in [2.05, 4.69) is 18.5 Å². The average molecular weight is 536 g/mol. The number of aliphatic carboxylic acids is 2. The number of carboxylic acid groups (broad SMARTS) is 2. The second-order valence-electron chi connectivity index (χ2n) is 5.68. The fourth-order valence-corrected chi connectivity index (χ4v) is 1.67. The lowest BCUT2D eigenvalue weighted by Gasteiger charge is -2.28. The van der Waals surface area contributed by atoms with Crippen molar-refractivity contribution >= 4 is 42.2 Å². The molecule has 2 amide bonds. The van der Waals surface area contributed by atoms with Crippen molar-refractivity contribution in [3.8, 4) is 0 Å². The molecule has 208 valence electrons. The lowest BCUT2D eigenvalue weighted by Crippen LogP contribution is -2.50. The summed E-state index contributed by atoms with van der Waals surface area (Å²) >= 11 is 0. The minimum Gasteiger partial charge on any atom is -0.480 e. The predicted octanol–water partition coefficient (Wildman–Crippen LogP) is -5.72. The molecular weight excluding hydrogens is 490 g/mol. The molecule has 2 atom stereocenters. The molecule has 14 N–H and O–H groups in total. The monoisotopic (exact) mass is 536 g/mol. The van der Waals surface area contributed by atoms with Crippen molar-refractivity contribution < 1.29 is 62.2 Å². The van der Waals surface area contributed by atoms with E-state index in [0.29, 0.717) is 12.6 Å². The van der Waals surface area contributed by atoms with Gasteiger partial charge >= 0.3 is 11.9 Å². The van der Waals surface area contributed by atoms with Crippen molar-refractivity contribution in [3.05, 3.63) is 0 Å². The van der Waals surface area contributed by atoms with Crippen molar-refractivity contribution in [2.75, 3.05) is 66.9 Å². The van der Waals surface area contributed by atoms with E-state index in [4.69, 9.17) is 10.2 Å². The third-order valence-corrected chi connectivity index (χ3v) is 4.28. The Morgan fingerprint density at radius 2 is 0.970 bits per heavy atom. The highest BCUT2D eigenvalue weighted by Crippen LogP contribution is 1.98. The van der Waals surface area contributed by atoms with Crippen LogP contribution in [0.2, 0.25) is 0 Å². The van der Waals surface area contributed by atoms with Crippen LogP contribution in [0, 0.1) is 0 Å². The summed E-state index contributed by atoms with van der Waals surface area (Å²) in [7, 11) is 11.7. The van der Waals surface area contributed by atoms with E-state index in [1.807, 2.05) is 0 Å². The quantitative estimate of drug-likeness (QED) is 0.307. The number of carboxylic acids is 2. The first-order chi connectivity index (χ1) is 11.9. The second-order valence-corrected chi connectivity index (χ2v) is 6.41. The van der Waals surface area contributed by atoms with Crippen molar-refractivity contribution in [2.24, 2.45) is 0 Å². The standard InChI is InChI=1S/C6H10N2O2.2C4H10NO2P.CH4.6H2O/c1-7-3-6(10)8(2)4-5(7)9;2*1-5(3-8)2-4(6)7;;;;;;;/h3-4H2,1-2H3;2*2-3,8H2,1H3,(H,6,7);1H4;6*1H2. The summed E-state index contributed by atoms with van der Waals surface area (Å²) < 4.78 is 0. The Kier molecular flexibility index (Phi) is 57.1. The molecule has 1 fully saturated rings. The molecule has 0 aromatic carbocycles. The molecule has 0 bridgehead atoms. The molecule has 2 unspecified atom stereocenters. The number of carbonyl (C=O) groups excluding carboxylic acids is 2. The minimum absolute atomic E-state index is 0. The first-order valence-corrected chi connectivity index (χ1v) is 9.26. The number of likely N-dealkylation sites (N-methyl/N-ethyl adjacent to an activating group) is 4. The predicted molar refractivity (Wildman–Crippen MR) is 133 cm³/mol. The lowest BCUT2D eigenvalue weighted by atomic mass is 10.3. The molecule has 0 aromatic heterocycles. The van der Waals surface area contributed by atoms with Crippen LogP contribution in [0.4, 0.5) is 0 Å². The van der Waals surface area contributed by atoms with Gasteiger partial charge in [0, 0.05) is 26.7 Å². The average Bonchev–Trinajstić information content (AvgIpc) is 2.53. The van der Waals surface area contributed by atoms with Gasteiger partial charge in [-0.15, -0.1) is 18.5 Å². The minimum atomic E-state index is -0.782. The number of hydrogen-bond donors (Lipinski definition) is 2. The van der Waals surface area contributed by atoms with Gasteiger partial charge in [-0.1, -0.05) is 7.43 Å². The van der Waals surface area contributed by atoms with Crippen LogP contribution < -0.4 is 0 Å². The van der Waals surface area contributed by atoms with Gasteiger partial charge in [-0.3, -0.25) is 29.0 Å². The Morgan fingerprint density at radius 1 is 0.758 bits per heavy atom. The SMILES string of the molecule is C.CN(CP)CC(=O)O.CN(CP)CC(=O)O.CN1CC(=O)N(C)CC1=O.O.O.O.O.O.O. The van der Waals surface area contributed by atoms with E-state index in [-0.39, 0.29) is 78.3 Å². The third kappa shape index (κ3) is 35.2. The molecule has 0 saturated carbocycles. The van der Waals surface area contributed by atoms with Crippen molar-refractivity contribution in [1.82, 2.24) is 19.6 Å². The summed E-state index contributed by atoms with van der Waals surface area (Å²) in [5.74, 6) is -1.56. The molecule has 1 aliphatic rings. The summed E-state index contributed by atoms with van der Waals surface area (Å²) in [5.41, 5.74) is 0. The van der Waals surface area contributed by atoms with E-state index in [1.165, 1.54) is 9.80 Å². The zero-order valence-electron chi connectivity index (χ0n) is 18.7. The molecule has 33 heavy (non-hydrogen) atoms. The van der Waals surface area contributed by atoms with Crippen LogP contribution in [0.25, 0.3) is 0 Å². The molecule has 1 heterocycles. The van der Waals surface area contributed by atoms with Crippen molar-refractivity contribution in [2.45, 2.75) is 7.43 Å². The van der Waals surface area contributed by atoms with Gasteiger partial charge in [-0.05, 0) is 14.1 Å². The highest BCUT2D eigenvalue weighted by atomic mass is 31.0. The maximum atomic E-state index is 10.9. The van der Waals surface area contributed by atoms with Gasteiger partial charge in [0.15, 0.2) is 0 Å². The molecule has 1 rings (SSSR count). The van der Waals surface area contributed by atoms with Gasteiger partial charge in [-0.25, -0.2) is 0 Å². The fourth-order valence-electron chi connectivity index (χ4n) is 1.41. The summed E-state index contributed by atoms with van der Waals surface area (Å²) in [6, 6.07) is 0. The molecule has 0 aromatic rings. The Balaban J connectivity index is -0.0000000341. The van der Waals surface area contributed by atoms with Crippen LogP contribution in [0.3, 0.4) is 0 Å². The number of piperazine rings is 1. The van der Waals surface area contributed by atoms with Gasteiger partial charge in [0.2, 0.25) is 11.8 Å². The molecule has 0 radical (unpaired) electrons. The van der Waals surface area contributed by atoms with Crippen LogP contribution in [-0.2, 0) is 19.2 Å². The Hall–Kier alpha value is -1.58. The van der Waals surface area contributed by atoms with Crippen molar-refractivity contribution in [3.63, 3.8) is 0 Å². The summed E-state index contributed by atoms with van der Waals surface area (Å²) in [6.07, 6.45) is 1.40. The Morgan fingerprint density at radius 3 is 1.09 bits per heavy atom. The highest BCUT2D eigenvalue weighted by molar-refractivity contribution is 7.16. The summed E-state index contributed by atoms with van der Waals surface area (Å²) in [5, 5.41) is 16.3. The lowest BCUT2D eigenvalue weighted by molar-refractivity contribution is -0.147. The molecule has 0 spiro atoms. The zero-order chi connectivity index (χ0) is 20.9. The van der Waals surface area contributed by atoms with Gasteiger partial charge < -0.3 is 52.9 Å². The van der Waals surface area contributed by atoms with E-state index >= 15 is 0 Å². The number of carbonyl (C=O) groups is 4. The number of rotatable bonds is 6. The molecule has 18 heteroatoms. The molecule has 16 nitrogen and oxygen atoms in total. The maximum Gasteiger partial charge on any atom is 0.317 e. The van der Waals surface area contributed by atoms with Crippen LogP contribution in [0.15, 0.2) is 0 Å². The number of amides is 2. The molecule has 1 aliphatic heterocycles. The number of nitrogens with zero attached hydrogens (tertiary/aromatic N) is 4. The second kappa shape index (κ2) is 32.6. The summed E-state index contributed by atoms with van der Waals surface area (Å²) in [6.45, 7) is 0.664. The van der Waals surface area contributed by atoms with E-state index in [1.54, 1.807) is 38.0 Å². The van der Waals surface area contributed by atoms with Gasteiger partial charge in [0.05, 0.1) is 26.2 Å². The highest BCUT2D eigenvalue weighted by Gasteiger charge is 2.23. The number of hydrogen-bond acceptors (Lipinski definition) is 6. The Labute approximate surface area is 199 Å². The smallest absolute Gasteiger partial charge is 0.317 e. The normalized spacial score (nSPS) is 10.9. The molecular formula is C15H46N4O12P2. The van der Waals surface area contributed by atoms with Crippen LogP contribution in [0.5, 0.6) is 0 Å². The van der Waals surface area contributed by atoms with E-state index in [0.717, 1.165) is 0 Å². The van der Waals surface area contributed by atoms with Crippen LogP contribution >= 0.6 is 18.5 Å². The topological polar surface area (TPSA) is 311 Å². The van der Waals surface area contributed by atoms with E-state index in [9.17, 15) is 19.2 Å². The largest absolute Gasteiger partial charge is 0.480 e. The van der Waals surface area contributed by atoms with Crippen LogP contribution in [-0.4, -0.2) is 153 Å².